The lowest BCUT2D eigenvalue weighted by molar-refractivity contribution is 0.266. The van der Waals surface area contributed by atoms with Crippen molar-refractivity contribution in [1.82, 2.24) is 15.2 Å². The van der Waals surface area contributed by atoms with Crippen molar-refractivity contribution in [2.24, 2.45) is 0 Å². The molecule has 0 aliphatic carbocycles. The molecule has 1 saturated heterocycles. The summed E-state index contributed by atoms with van der Waals surface area (Å²) >= 11 is 0. The van der Waals surface area contributed by atoms with E-state index < -0.39 is 0 Å². The second-order valence-electron chi connectivity index (χ2n) is 4.55. The van der Waals surface area contributed by atoms with E-state index in [9.17, 15) is 5.11 Å². The highest BCUT2D eigenvalue weighted by atomic mass is 16.3. The summed E-state index contributed by atoms with van der Waals surface area (Å²) in [6.07, 6.45) is 5.90. The van der Waals surface area contributed by atoms with Crippen LogP contribution < -0.4 is 4.90 Å². The van der Waals surface area contributed by atoms with E-state index in [1.165, 1.54) is 0 Å². The van der Waals surface area contributed by atoms with Crippen LogP contribution in [0.2, 0.25) is 0 Å². The Labute approximate surface area is 105 Å². The Morgan fingerprint density at radius 1 is 1.33 bits per heavy atom. The summed E-state index contributed by atoms with van der Waals surface area (Å²) in [6, 6.07) is 6.11. The first-order chi connectivity index (χ1) is 8.88. The molecule has 1 atom stereocenters. The molecule has 1 fully saturated rings. The summed E-state index contributed by atoms with van der Waals surface area (Å²) in [5, 5.41) is 17.8. The minimum atomic E-state index is 0.182. The fraction of sp³-hybridized carbons (Fsp3) is 0.385. The van der Waals surface area contributed by atoms with Gasteiger partial charge in [0, 0.05) is 24.5 Å². The molecule has 5 heteroatoms. The first-order valence-corrected chi connectivity index (χ1v) is 6.23. The fourth-order valence-corrected chi connectivity index (χ4v) is 2.44. The minimum absolute atomic E-state index is 0.182. The zero-order chi connectivity index (χ0) is 12.4. The summed E-state index contributed by atoms with van der Waals surface area (Å²) in [6.45, 7) is 1.13. The highest BCUT2D eigenvalue weighted by molar-refractivity contribution is 5.58. The Kier molecular flexibility index (Phi) is 2.98. The van der Waals surface area contributed by atoms with Crippen LogP contribution in [0, 0.1) is 0 Å². The Morgan fingerprint density at radius 3 is 2.94 bits per heavy atom. The first kappa shape index (κ1) is 11.2. The molecule has 1 aliphatic rings. The molecule has 1 aliphatic heterocycles. The van der Waals surface area contributed by atoms with Crippen LogP contribution >= 0.6 is 0 Å². The second-order valence-corrected chi connectivity index (χ2v) is 4.55. The zero-order valence-electron chi connectivity index (χ0n) is 10.1. The summed E-state index contributed by atoms with van der Waals surface area (Å²) in [4.78, 5) is 5.14. The SMILES string of the molecule is OCC1CCCN1c1ccc(-c2cc[nH]c2)nn1. The lowest BCUT2D eigenvalue weighted by Gasteiger charge is -2.23. The fourth-order valence-electron chi connectivity index (χ4n) is 2.44. The van der Waals surface area contributed by atoms with Gasteiger partial charge in [-0.05, 0) is 31.0 Å². The van der Waals surface area contributed by atoms with Crippen LogP contribution in [0.4, 0.5) is 5.82 Å². The van der Waals surface area contributed by atoms with Gasteiger partial charge in [-0.25, -0.2) is 0 Å². The third kappa shape index (κ3) is 1.97. The Balaban J connectivity index is 1.83. The summed E-state index contributed by atoms with van der Waals surface area (Å²) < 4.78 is 0. The molecular formula is C13H16N4O. The van der Waals surface area contributed by atoms with Gasteiger partial charge in [-0.2, -0.15) is 0 Å². The number of aliphatic hydroxyl groups is 1. The van der Waals surface area contributed by atoms with Gasteiger partial charge in [0.2, 0.25) is 0 Å². The third-order valence-corrected chi connectivity index (χ3v) is 3.43. The smallest absolute Gasteiger partial charge is 0.151 e. The van der Waals surface area contributed by atoms with Gasteiger partial charge in [-0.1, -0.05) is 0 Å². The number of H-pyrrole nitrogens is 1. The number of aliphatic hydroxyl groups excluding tert-OH is 1. The molecule has 0 radical (unpaired) electrons. The number of rotatable bonds is 3. The number of aromatic amines is 1. The number of hydrogen-bond acceptors (Lipinski definition) is 4. The van der Waals surface area contributed by atoms with Crippen molar-refractivity contribution in [2.45, 2.75) is 18.9 Å². The monoisotopic (exact) mass is 244 g/mol. The van der Waals surface area contributed by atoms with Crippen LogP contribution in [0.1, 0.15) is 12.8 Å². The number of hydrogen-bond donors (Lipinski definition) is 2. The number of anilines is 1. The van der Waals surface area contributed by atoms with E-state index >= 15 is 0 Å². The minimum Gasteiger partial charge on any atom is -0.394 e. The van der Waals surface area contributed by atoms with Gasteiger partial charge in [0.05, 0.1) is 18.3 Å². The first-order valence-electron chi connectivity index (χ1n) is 6.23. The molecule has 1 unspecified atom stereocenters. The molecule has 18 heavy (non-hydrogen) atoms. The summed E-state index contributed by atoms with van der Waals surface area (Å²) in [7, 11) is 0. The van der Waals surface area contributed by atoms with E-state index in [1.807, 2.05) is 30.6 Å². The average Bonchev–Trinajstić information content (AvgIpc) is 3.10. The standard InChI is InChI=1S/C13H16N4O/c18-9-11-2-1-7-17(11)13-4-3-12(15-16-13)10-5-6-14-8-10/h3-6,8,11,14,18H,1-2,7,9H2. The Bertz CT molecular complexity index is 494. The van der Waals surface area contributed by atoms with Gasteiger partial charge in [0.1, 0.15) is 0 Å². The van der Waals surface area contributed by atoms with Crippen molar-refractivity contribution < 1.29 is 5.11 Å². The highest BCUT2D eigenvalue weighted by Gasteiger charge is 2.25. The summed E-state index contributed by atoms with van der Waals surface area (Å²) in [5.41, 5.74) is 1.90. The van der Waals surface area contributed by atoms with Gasteiger partial charge in [-0.15, -0.1) is 10.2 Å². The predicted octanol–water partition coefficient (Wildman–Crippen LogP) is 1.43. The van der Waals surface area contributed by atoms with Gasteiger partial charge in [0.15, 0.2) is 5.82 Å². The van der Waals surface area contributed by atoms with E-state index in [1.54, 1.807) is 0 Å². The van der Waals surface area contributed by atoms with E-state index in [0.717, 1.165) is 36.5 Å². The lowest BCUT2D eigenvalue weighted by Crippen LogP contribution is -2.32. The maximum Gasteiger partial charge on any atom is 0.151 e. The van der Waals surface area contributed by atoms with Gasteiger partial charge < -0.3 is 15.0 Å². The van der Waals surface area contributed by atoms with E-state index in [4.69, 9.17) is 0 Å². The molecule has 3 heterocycles. The van der Waals surface area contributed by atoms with Crippen LogP contribution in [0.15, 0.2) is 30.6 Å². The molecule has 3 rings (SSSR count). The van der Waals surface area contributed by atoms with Crippen molar-refractivity contribution in [3.63, 3.8) is 0 Å². The molecule has 0 amide bonds. The van der Waals surface area contributed by atoms with Crippen LogP contribution in [-0.4, -0.2) is 39.5 Å². The van der Waals surface area contributed by atoms with Crippen LogP contribution in [-0.2, 0) is 0 Å². The molecule has 0 saturated carbocycles. The molecule has 2 aromatic rings. The molecule has 2 aromatic heterocycles. The molecule has 0 bridgehead atoms. The van der Waals surface area contributed by atoms with Crippen molar-refractivity contribution in [1.29, 1.82) is 0 Å². The third-order valence-electron chi connectivity index (χ3n) is 3.43. The zero-order valence-corrected chi connectivity index (χ0v) is 10.1. The average molecular weight is 244 g/mol. The quantitative estimate of drug-likeness (QED) is 0.857. The molecule has 94 valence electrons. The number of aromatic nitrogens is 3. The molecule has 5 nitrogen and oxygen atoms in total. The van der Waals surface area contributed by atoms with Crippen LogP contribution in [0.25, 0.3) is 11.3 Å². The topological polar surface area (TPSA) is 65.0 Å². The van der Waals surface area contributed by atoms with E-state index in [2.05, 4.69) is 20.1 Å². The van der Waals surface area contributed by atoms with Crippen LogP contribution in [0.5, 0.6) is 0 Å². The predicted molar refractivity (Wildman–Crippen MR) is 69.3 cm³/mol. The van der Waals surface area contributed by atoms with Crippen LogP contribution in [0.3, 0.4) is 0 Å². The molecule has 0 aromatic carbocycles. The van der Waals surface area contributed by atoms with Gasteiger partial charge >= 0.3 is 0 Å². The normalized spacial score (nSPS) is 19.4. The Morgan fingerprint density at radius 2 is 2.28 bits per heavy atom. The number of nitrogens with zero attached hydrogens (tertiary/aromatic N) is 3. The van der Waals surface area contributed by atoms with E-state index in [0.29, 0.717) is 0 Å². The van der Waals surface area contributed by atoms with E-state index in [-0.39, 0.29) is 12.6 Å². The maximum absolute atomic E-state index is 9.31. The van der Waals surface area contributed by atoms with Crippen molar-refractivity contribution in [2.75, 3.05) is 18.1 Å². The largest absolute Gasteiger partial charge is 0.394 e. The summed E-state index contributed by atoms with van der Waals surface area (Å²) in [5.74, 6) is 0.853. The van der Waals surface area contributed by atoms with Crippen molar-refractivity contribution in [3.05, 3.63) is 30.6 Å². The number of nitrogens with one attached hydrogen (secondary N) is 1. The lowest BCUT2D eigenvalue weighted by atomic mass is 10.2. The molecule has 0 spiro atoms. The molecule has 2 N–H and O–H groups in total. The van der Waals surface area contributed by atoms with Crippen molar-refractivity contribution in [3.8, 4) is 11.3 Å². The maximum atomic E-state index is 9.31. The second kappa shape index (κ2) is 4.78. The Hall–Kier alpha value is -1.88. The van der Waals surface area contributed by atoms with Crippen molar-refractivity contribution >= 4 is 5.82 Å². The van der Waals surface area contributed by atoms with Gasteiger partial charge in [-0.3, -0.25) is 0 Å². The molecular weight excluding hydrogens is 228 g/mol. The van der Waals surface area contributed by atoms with Gasteiger partial charge in [0.25, 0.3) is 0 Å². The highest BCUT2D eigenvalue weighted by Crippen LogP contribution is 2.24.